The van der Waals surface area contributed by atoms with Gasteiger partial charge in [-0.3, -0.25) is 0 Å². The van der Waals surface area contributed by atoms with Crippen LogP contribution < -0.4 is 0 Å². The number of unbranched alkanes of at least 4 members (excludes halogenated alkanes) is 2. The van der Waals surface area contributed by atoms with E-state index >= 15 is 0 Å². The summed E-state index contributed by atoms with van der Waals surface area (Å²) in [6.45, 7) is 2.35. The highest BCUT2D eigenvalue weighted by Crippen LogP contribution is 2.49. The first-order valence-corrected chi connectivity index (χ1v) is 6.83. The van der Waals surface area contributed by atoms with Gasteiger partial charge in [-0.25, -0.2) is 0 Å². The Kier molecular flexibility index (Phi) is 4.51. The van der Waals surface area contributed by atoms with Gasteiger partial charge in [-0.05, 0) is 26.2 Å². The Bertz CT molecular complexity index is 141. The molecule has 0 spiro atoms. The van der Waals surface area contributed by atoms with Gasteiger partial charge < -0.3 is 4.79 Å². The van der Waals surface area contributed by atoms with Gasteiger partial charge in [0.25, 0.3) is 0 Å². The molecule has 1 aliphatic rings. The first-order chi connectivity index (χ1) is 5.77. The van der Waals surface area contributed by atoms with Gasteiger partial charge in [0.1, 0.15) is 6.29 Å². The van der Waals surface area contributed by atoms with Crippen molar-refractivity contribution < 1.29 is 4.79 Å². The lowest BCUT2D eigenvalue weighted by atomic mass is 10.00. The molecule has 1 nitrogen and oxygen atoms in total. The average Bonchev–Trinajstić information content (AvgIpc) is 2.47. The molecule has 0 aromatic carbocycles. The van der Waals surface area contributed by atoms with E-state index in [1.54, 1.807) is 0 Å². The first kappa shape index (κ1) is 10.5. The van der Waals surface area contributed by atoms with Crippen LogP contribution in [0.15, 0.2) is 0 Å². The molecule has 1 aliphatic heterocycles. The molecule has 1 heterocycles. The highest BCUT2D eigenvalue weighted by atomic mass is 33.1. The van der Waals surface area contributed by atoms with Crippen molar-refractivity contribution in [2.24, 2.45) is 0 Å². The second-order valence-electron chi connectivity index (χ2n) is 3.52. The lowest BCUT2D eigenvalue weighted by Gasteiger charge is -2.20. The number of hydrogen-bond donors (Lipinski definition) is 0. The standard InChI is InChI=1S/C9H16OS2/c1-9(6-8-11-12-9)5-3-2-4-7-10/h7H,2-6,8H2,1H3/t9-/m1/s1. The molecule has 70 valence electrons. The maximum Gasteiger partial charge on any atom is 0.119 e. The summed E-state index contributed by atoms with van der Waals surface area (Å²) in [5.74, 6) is 1.30. The van der Waals surface area contributed by atoms with Crippen molar-refractivity contribution in [1.29, 1.82) is 0 Å². The van der Waals surface area contributed by atoms with Gasteiger partial charge in [0.05, 0.1) is 0 Å². The van der Waals surface area contributed by atoms with E-state index in [0.29, 0.717) is 4.75 Å². The summed E-state index contributed by atoms with van der Waals surface area (Å²) >= 11 is 0. The number of rotatable bonds is 5. The molecule has 1 atom stereocenters. The molecule has 0 amide bonds. The van der Waals surface area contributed by atoms with E-state index in [0.717, 1.165) is 19.1 Å². The van der Waals surface area contributed by atoms with Crippen molar-refractivity contribution in [3.8, 4) is 0 Å². The van der Waals surface area contributed by atoms with E-state index in [-0.39, 0.29) is 0 Å². The van der Waals surface area contributed by atoms with Gasteiger partial charge in [0.15, 0.2) is 0 Å². The molecule has 0 saturated carbocycles. The van der Waals surface area contributed by atoms with Crippen LogP contribution in [-0.4, -0.2) is 16.8 Å². The van der Waals surface area contributed by atoms with Gasteiger partial charge in [0, 0.05) is 16.9 Å². The van der Waals surface area contributed by atoms with Crippen LogP contribution in [0.4, 0.5) is 0 Å². The molecular formula is C9H16OS2. The Morgan fingerprint density at radius 2 is 2.33 bits per heavy atom. The zero-order chi connectivity index (χ0) is 8.86. The third-order valence-electron chi connectivity index (χ3n) is 2.25. The summed E-state index contributed by atoms with van der Waals surface area (Å²) in [7, 11) is 4.02. The van der Waals surface area contributed by atoms with Crippen LogP contribution in [0.5, 0.6) is 0 Å². The van der Waals surface area contributed by atoms with Crippen LogP contribution in [0.1, 0.15) is 39.0 Å². The van der Waals surface area contributed by atoms with Crippen molar-refractivity contribution in [3.05, 3.63) is 0 Å². The fourth-order valence-corrected chi connectivity index (χ4v) is 4.67. The van der Waals surface area contributed by atoms with Gasteiger partial charge in [-0.15, -0.1) is 0 Å². The summed E-state index contributed by atoms with van der Waals surface area (Å²) in [5, 5.41) is 0. The molecule has 0 aromatic rings. The third kappa shape index (κ3) is 3.40. The predicted octanol–water partition coefficient (Wildman–Crippen LogP) is 3.29. The molecule has 0 aliphatic carbocycles. The number of carbonyl (C=O) groups excluding carboxylic acids is 1. The van der Waals surface area contributed by atoms with Crippen LogP contribution >= 0.6 is 21.6 Å². The first-order valence-electron chi connectivity index (χ1n) is 4.51. The zero-order valence-corrected chi connectivity index (χ0v) is 9.18. The summed E-state index contributed by atoms with van der Waals surface area (Å²) < 4.78 is 0.507. The maximum atomic E-state index is 10.1. The molecule has 1 saturated heterocycles. The normalized spacial score (nSPS) is 29.1. The molecule has 0 N–H and O–H groups in total. The summed E-state index contributed by atoms with van der Waals surface area (Å²) in [4.78, 5) is 10.1. The second-order valence-corrected chi connectivity index (χ2v) is 6.52. The molecule has 0 bridgehead atoms. The molecule has 0 unspecified atom stereocenters. The smallest absolute Gasteiger partial charge is 0.119 e. The summed E-state index contributed by atoms with van der Waals surface area (Å²) in [6, 6.07) is 0. The van der Waals surface area contributed by atoms with Crippen molar-refractivity contribution in [3.63, 3.8) is 0 Å². The minimum absolute atomic E-state index is 0.507. The van der Waals surface area contributed by atoms with Crippen molar-refractivity contribution in [2.45, 2.75) is 43.8 Å². The Morgan fingerprint density at radius 1 is 1.50 bits per heavy atom. The van der Waals surface area contributed by atoms with E-state index in [1.807, 2.05) is 21.6 Å². The van der Waals surface area contributed by atoms with E-state index in [4.69, 9.17) is 0 Å². The monoisotopic (exact) mass is 204 g/mol. The molecular weight excluding hydrogens is 188 g/mol. The number of aldehydes is 1. The minimum Gasteiger partial charge on any atom is -0.303 e. The van der Waals surface area contributed by atoms with Gasteiger partial charge in [0.2, 0.25) is 0 Å². The minimum atomic E-state index is 0.507. The lowest BCUT2D eigenvalue weighted by molar-refractivity contribution is -0.107. The lowest BCUT2D eigenvalue weighted by Crippen LogP contribution is -2.15. The van der Waals surface area contributed by atoms with Crippen LogP contribution in [0.2, 0.25) is 0 Å². The molecule has 12 heavy (non-hydrogen) atoms. The molecule has 1 fully saturated rings. The Labute approximate surface area is 82.5 Å². The van der Waals surface area contributed by atoms with E-state index in [2.05, 4.69) is 6.92 Å². The molecule has 3 heteroatoms. The topological polar surface area (TPSA) is 17.1 Å². The Morgan fingerprint density at radius 3 is 2.92 bits per heavy atom. The largest absolute Gasteiger partial charge is 0.303 e. The van der Waals surface area contributed by atoms with Crippen molar-refractivity contribution in [1.82, 2.24) is 0 Å². The Hall–Kier alpha value is 0.370. The number of hydrogen-bond acceptors (Lipinski definition) is 3. The SMILES string of the molecule is C[C@@]1(CCCCC=O)CCSS1. The van der Waals surface area contributed by atoms with Crippen LogP contribution in [-0.2, 0) is 4.79 Å². The molecule has 0 aromatic heterocycles. The zero-order valence-electron chi connectivity index (χ0n) is 7.54. The fraction of sp³-hybridized carbons (Fsp3) is 0.889. The van der Waals surface area contributed by atoms with Crippen LogP contribution in [0, 0.1) is 0 Å². The Balaban J connectivity index is 2.08. The summed E-state index contributed by atoms with van der Waals surface area (Å²) in [5.41, 5.74) is 0. The van der Waals surface area contributed by atoms with E-state index < -0.39 is 0 Å². The highest BCUT2D eigenvalue weighted by molar-refractivity contribution is 8.77. The van der Waals surface area contributed by atoms with E-state index in [9.17, 15) is 4.79 Å². The second kappa shape index (κ2) is 5.18. The highest BCUT2D eigenvalue weighted by Gasteiger charge is 2.29. The van der Waals surface area contributed by atoms with E-state index in [1.165, 1.54) is 25.0 Å². The predicted molar refractivity (Wildman–Crippen MR) is 57.6 cm³/mol. The van der Waals surface area contributed by atoms with Crippen molar-refractivity contribution >= 4 is 27.9 Å². The van der Waals surface area contributed by atoms with Crippen LogP contribution in [0.3, 0.4) is 0 Å². The van der Waals surface area contributed by atoms with Crippen LogP contribution in [0.25, 0.3) is 0 Å². The fourth-order valence-electron chi connectivity index (χ4n) is 1.38. The summed E-state index contributed by atoms with van der Waals surface area (Å²) in [6.07, 6.45) is 6.67. The quantitative estimate of drug-likeness (QED) is 0.388. The third-order valence-corrected chi connectivity index (χ3v) is 5.61. The molecule has 0 radical (unpaired) electrons. The van der Waals surface area contributed by atoms with Gasteiger partial charge in [-0.2, -0.15) is 0 Å². The van der Waals surface area contributed by atoms with Gasteiger partial charge in [-0.1, -0.05) is 28.0 Å². The molecule has 1 rings (SSSR count). The maximum absolute atomic E-state index is 10.1. The average molecular weight is 204 g/mol. The van der Waals surface area contributed by atoms with Crippen molar-refractivity contribution in [2.75, 3.05) is 5.75 Å². The van der Waals surface area contributed by atoms with Gasteiger partial charge >= 0.3 is 0 Å². The number of carbonyl (C=O) groups is 1.